The van der Waals surface area contributed by atoms with E-state index < -0.39 is 0 Å². The van der Waals surface area contributed by atoms with Gasteiger partial charge in [0.15, 0.2) is 0 Å². The number of carbonyl (C=O) groups is 1. The van der Waals surface area contributed by atoms with Crippen molar-refractivity contribution in [2.75, 3.05) is 6.54 Å². The van der Waals surface area contributed by atoms with Crippen LogP contribution in [0, 0.1) is 0 Å². The largest absolute Gasteiger partial charge is 0.334 e. The van der Waals surface area contributed by atoms with Crippen LogP contribution in [0.25, 0.3) is 0 Å². The summed E-state index contributed by atoms with van der Waals surface area (Å²) >= 11 is 1.67. The molecule has 1 aromatic heterocycles. The van der Waals surface area contributed by atoms with Gasteiger partial charge in [0.05, 0.1) is 6.54 Å². The van der Waals surface area contributed by atoms with Gasteiger partial charge in [-0.25, -0.2) is 0 Å². The number of rotatable bonds is 4. The number of likely N-dealkylation sites (N-methyl/N-ethyl adjacent to an activating group) is 1. The number of amides is 1. The molecule has 0 atom stereocenters. The summed E-state index contributed by atoms with van der Waals surface area (Å²) in [6.07, 6.45) is 1.36. The molecule has 1 rings (SSSR count). The Bertz CT molecular complexity index is 279. The molecule has 0 aliphatic heterocycles. The van der Waals surface area contributed by atoms with E-state index in [-0.39, 0.29) is 5.91 Å². The van der Waals surface area contributed by atoms with E-state index in [0.717, 1.165) is 6.54 Å². The first-order chi connectivity index (χ1) is 6.27. The Morgan fingerprint density at radius 3 is 3.00 bits per heavy atom. The molecule has 1 amide bonds. The molecule has 0 aliphatic rings. The minimum atomic E-state index is -0.00380. The highest BCUT2D eigenvalue weighted by Crippen LogP contribution is 2.11. The topological polar surface area (TPSA) is 20.3 Å². The maximum Gasteiger partial charge on any atom is 0.246 e. The number of nitrogens with zero attached hydrogens (tertiary/aromatic N) is 1. The van der Waals surface area contributed by atoms with Crippen molar-refractivity contribution in [3.05, 3.63) is 35.0 Å². The van der Waals surface area contributed by atoms with E-state index in [4.69, 9.17) is 0 Å². The Morgan fingerprint density at radius 1 is 1.77 bits per heavy atom. The van der Waals surface area contributed by atoms with Crippen molar-refractivity contribution in [2.45, 2.75) is 13.5 Å². The molecule has 2 nitrogen and oxygen atoms in total. The number of hydrogen-bond donors (Lipinski definition) is 0. The van der Waals surface area contributed by atoms with Crippen molar-refractivity contribution in [3.63, 3.8) is 0 Å². The van der Waals surface area contributed by atoms with Crippen LogP contribution in [0.4, 0.5) is 0 Å². The quantitative estimate of drug-likeness (QED) is 0.675. The van der Waals surface area contributed by atoms with Gasteiger partial charge in [-0.1, -0.05) is 12.6 Å². The SMILES string of the molecule is C=CC(=O)N(CC)Cc1cccs1. The number of thiophene rings is 1. The van der Waals surface area contributed by atoms with Crippen LogP contribution in [0.3, 0.4) is 0 Å². The third-order valence-electron chi connectivity index (χ3n) is 1.79. The average Bonchev–Trinajstić information content (AvgIpc) is 2.65. The van der Waals surface area contributed by atoms with E-state index in [2.05, 4.69) is 6.58 Å². The minimum Gasteiger partial charge on any atom is -0.334 e. The first kappa shape index (κ1) is 9.99. The molecule has 0 spiro atoms. The Hall–Kier alpha value is -1.09. The lowest BCUT2D eigenvalue weighted by Gasteiger charge is -2.17. The fraction of sp³-hybridized carbons (Fsp3) is 0.300. The summed E-state index contributed by atoms with van der Waals surface area (Å²) in [4.78, 5) is 14.3. The number of hydrogen-bond acceptors (Lipinski definition) is 2. The van der Waals surface area contributed by atoms with E-state index in [9.17, 15) is 4.79 Å². The van der Waals surface area contributed by atoms with Crippen molar-refractivity contribution in [2.24, 2.45) is 0 Å². The molecule has 3 heteroatoms. The fourth-order valence-electron chi connectivity index (χ4n) is 1.07. The van der Waals surface area contributed by atoms with Gasteiger partial charge >= 0.3 is 0 Å². The Balaban J connectivity index is 2.59. The van der Waals surface area contributed by atoms with Crippen LogP contribution in [0.2, 0.25) is 0 Å². The van der Waals surface area contributed by atoms with Gasteiger partial charge in [-0.2, -0.15) is 0 Å². The zero-order valence-electron chi connectivity index (χ0n) is 7.69. The van der Waals surface area contributed by atoms with E-state index in [1.807, 2.05) is 24.4 Å². The van der Waals surface area contributed by atoms with Crippen LogP contribution < -0.4 is 0 Å². The average molecular weight is 195 g/mol. The zero-order chi connectivity index (χ0) is 9.68. The second kappa shape index (κ2) is 4.82. The third kappa shape index (κ3) is 2.70. The van der Waals surface area contributed by atoms with Gasteiger partial charge < -0.3 is 4.90 Å². The molecule has 0 saturated carbocycles. The molecular weight excluding hydrogens is 182 g/mol. The molecule has 1 aromatic rings. The van der Waals surface area contributed by atoms with Crippen molar-refractivity contribution in [1.29, 1.82) is 0 Å². The van der Waals surface area contributed by atoms with Crippen LogP contribution in [-0.2, 0) is 11.3 Å². The summed E-state index contributed by atoms with van der Waals surface area (Å²) in [7, 11) is 0. The summed E-state index contributed by atoms with van der Waals surface area (Å²) in [5.74, 6) is -0.00380. The van der Waals surface area contributed by atoms with Crippen LogP contribution in [0.15, 0.2) is 30.2 Å². The second-order valence-electron chi connectivity index (χ2n) is 2.64. The molecule has 0 aliphatic carbocycles. The summed E-state index contributed by atoms with van der Waals surface area (Å²) in [6, 6.07) is 4.02. The van der Waals surface area contributed by atoms with Gasteiger partial charge in [0.2, 0.25) is 5.91 Å². The van der Waals surface area contributed by atoms with Crippen molar-refractivity contribution >= 4 is 17.2 Å². The smallest absolute Gasteiger partial charge is 0.246 e. The van der Waals surface area contributed by atoms with Gasteiger partial charge in [0.1, 0.15) is 0 Å². The molecule has 0 aromatic carbocycles. The molecule has 70 valence electrons. The molecule has 0 fully saturated rings. The predicted octanol–water partition coefficient (Wildman–Crippen LogP) is 2.28. The van der Waals surface area contributed by atoms with Gasteiger partial charge in [-0.15, -0.1) is 11.3 Å². The summed E-state index contributed by atoms with van der Waals surface area (Å²) in [5.41, 5.74) is 0. The Kier molecular flexibility index (Phi) is 3.71. The second-order valence-corrected chi connectivity index (χ2v) is 3.67. The van der Waals surface area contributed by atoms with Gasteiger partial charge in [0, 0.05) is 11.4 Å². The first-order valence-corrected chi connectivity index (χ1v) is 5.09. The fourth-order valence-corrected chi connectivity index (χ4v) is 1.78. The molecule has 0 bridgehead atoms. The zero-order valence-corrected chi connectivity index (χ0v) is 8.51. The standard InChI is InChI=1S/C10H13NOS/c1-3-10(12)11(4-2)8-9-6-5-7-13-9/h3,5-7H,1,4,8H2,2H3. The highest BCUT2D eigenvalue weighted by atomic mass is 32.1. The summed E-state index contributed by atoms with van der Waals surface area (Å²) in [5, 5.41) is 2.02. The van der Waals surface area contributed by atoms with E-state index in [0.29, 0.717) is 6.54 Å². The Labute approximate surface area is 82.5 Å². The number of carbonyl (C=O) groups excluding carboxylic acids is 1. The highest BCUT2D eigenvalue weighted by molar-refractivity contribution is 7.09. The molecule has 13 heavy (non-hydrogen) atoms. The van der Waals surface area contributed by atoms with Gasteiger partial charge in [-0.3, -0.25) is 4.79 Å². The summed E-state index contributed by atoms with van der Waals surface area (Å²) < 4.78 is 0. The van der Waals surface area contributed by atoms with Gasteiger partial charge in [0.25, 0.3) is 0 Å². The van der Waals surface area contributed by atoms with Crippen LogP contribution in [-0.4, -0.2) is 17.4 Å². The monoisotopic (exact) mass is 195 g/mol. The van der Waals surface area contributed by atoms with E-state index >= 15 is 0 Å². The minimum absolute atomic E-state index is 0.00380. The molecule has 0 radical (unpaired) electrons. The molecule has 0 saturated heterocycles. The lowest BCUT2D eigenvalue weighted by atomic mass is 10.4. The van der Waals surface area contributed by atoms with Crippen molar-refractivity contribution in [3.8, 4) is 0 Å². The summed E-state index contributed by atoms with van der Waals surface area (Å²) in [6.45, 7) is 6.86. The molecule has 1 heterocycles. The lowest BCUT2D eigenvalue weighted by molar-refractivity contribution is -0.126. The molecule has 0 unspecified atom stereocenters. The first-order valence-electron chi connectivity index (χ1n) is 4.21. The van der Waals surface area contributed by atoms with E-state index in [1.54, 1.807) is 16.2 Å². The predicted molar refractivity (Wildman–Crippen MR) is 55.6 cm³/mol. The van der Waals surface area contributed by atoms with Crippen molar-refractivity contribution in [1.82, 2.24) is 4.90 Å². The lowest BCUT2D eigenvalue weighted by Crippen LogP contribution is -2.27. The Morgan fingerprint density at radius 2 is 2.54 bits per heavy atom. The molecular formula is C10H13NOS. The van der Waals surface area contributed by atoms with E-state index in [1.165, 1.54) is 11.0 Å². The normalized spacial score (nSPS) is 9.62. The maximum absolute atomic E-state index is 11.3. The van der Waals surface area contributed by atoms with Crippen molar-refractivity contribution < 1.29 is 4.79 Å². The van der Waals surface area contributed by atoms with Crippen LogP contribution >= 0.6 is 11.3 Å². The van der Waals surface area contributed by atoms with Crippen LogP contribution in [0.1, 0.15) is 11.8 Å². The third-order valence-corrected chi connectivity index (χ3v) is 2.66. The van der Waals surface area contributed by atoms with Gasteiger partial charge in [-0.05, 0) is 24.4 Å². The maximum atomic E-state index is 11.3. The molecule has 0 N–H and O–H groups in total. The highest BCUT2D eigenvalue weighted by Gasteiger charge is 2.08. The van der Waals surface area contributed by atoms with Crippen LogP contribution in [0.5, 0.6) is 0 Å².